The molecule has 0 atom stereocenters. The Bertz CT molecular complexity index is 3620. The predicted molar refractivity (Wildman–Crippen MR) is 276 cm³/mol. The van der Waals surface area contributed by atoms with Gasteiger partial charge in [0, 0.05) is 0 Å². The molecule has 0 spiro atoms. The number of rotatable bonds is 7. The summed E-state index contributed by atoms with van der Waals surface area (Å²) in [5.41, 5.74) is 17.0. The van der Waals surface area contributed by atoms with Gasteiger partial charge in [-0.3, -0.25) is 0 Å². The summed E-state index contributed by atoms with van der Waals surface area (Å²) in [6.07, 6.45) is 0. The number of hydrogen-bond acceptors (Lipinski definition) is 0. The van der Waals surface area contributed by atoms with Crippen LogP contribution in [0.1, 0.15) is 22.3 Å². The molecule has 0 saturated carbocycles. The fourth-order valence-electron chi connectivity index (χ4n) is 11.3. The Balaban J connectivity index is 0.993. The van der Waals surface area contributed by atoms with Crippen LogP contribution in [0.2, 0.25) is 0 Å². The summed E-state index contributed by atoms with van der Waals surface area (Å²) in [7, 11) is 0. The third-order valence-corrected chi connectivity index (χ3v) is 14.1. The van der Waals surface area contributed by atoms with Crippen LogP contribution in [0.3, 0.4) is 0 Å². The maximum atomic E-state index is 2.49. The fraction of sp³-hybridized carbons (Fsp3) is 0.0154. The summed E-state index contributed by atoms with van der Waals surface area (Å²) in [5.74, 6) is 0. The second-order valence-corrected chi connectivity index (χ2v) is 17.5. The molecule has 0 amide bonds. The summed E-state index contributed by atoms with van der Waals surface area (Å²) in [5, 5.41) is 10.3. The first kappa shape index (κ1) is 37.3. The van der Waals surface area contributed by atoms with Gasteiger partial charge in [0.15, 0.2) is 0 Å². The van der Waals surface area contributed by atoms with E-state index < -0.39 is 5.41 Å². The smallest absolute Gasteiger partial charge is 0.0622 e. The van der Waals surface area contributed by atoms with Crippen molar-refractivity contribution in [3.8, 4) is 55.6 Å². The van der Waals surface area contributed by atoms with Gasteiger partial charge < -0.3 is 0 Å². The molecule has 0 aliphatic heterocycles. The van der Waals surface area contributed by atoms with Crippen LogP contribution in [0.4, 0.5) is 0 Å². The maximum absolute atomic E-state index is 2.49. The second kappa shape index (κ2) is 14.9. The van der Waals surface area contributed by atoms with Gasteiger partial charge in [-0.15, -0.1) is 0 Å². The Morgan fingerprint density at radius 3 is 1.15 bits per heavy atom. The average molecular weight is 823 g/mol. The van der Waals surface area contributed by atoms with E-state index in [2.05, 4.69) is 255 Å². The Morgan fingerprint density at radius 1 is 0.215 bits per heavy atom. The molecular formula is C65H42. The van der Waals surface area contributed by atoms with E-state index in [-0.39, 0.29) is 0 Å². The molecule has 0 bridgehead atoms. The van der Waals surface area contributed by atoms with Crippen LogP contribution >= 0.6 is 0 Å². The molecule has 13 rings (SSSR count). The van der Waals surface area contributed by atoms with Gasteiger partial charge in [0.05, 0.1) is 5.41 Å². The van der Waals surface area contributed by atoms with Gasteiger partial charge in [-0.2, -0.15) is 0 Å². The first-order valence-electron chi connectivity index (χ1n) is 22.7. The molecule has 1 aliphatic carbocycles. The summed E-state index contributed by atoms with van der Waals surface area (Å²) < 4.78 is 0. The van der Waals surface area contributed by atoms with Gasteiger partial charge in [0.25, 0.3) is 0 Å². The third-order valence-electron chi connectivity index (χ3n) is 14.1. The standard InChI is InChI=1S/C65H42/c1-5-18-43(19-6-1)49-39-50(44-20-7-2-8-21-44)41-52(40-49)62-57-29-15-13-27-55(57)61(56-28-14-16-30-58(56)62)47-34-32-45(33-35-47)51-38-48-37-36-46-22-17-31-59-63(46)64(48)60(42-51)65(59,53-23-9-3-10-24-53)54-25-11-4-12-26-54/h1-42H. The van der Waals surface area contributed by atoms with E-state index in [1.165, 1.54) is 121 Å². The molecule has 0 unspecified atom stereocenters. The molecule has 0 heteroatoms. The average Bonchev–Trinajstić information content (AvgIpc) is 3.70. The van der Waals surface area contributed by atoms with Gasteiger partial charge in [-0.05, 0) is 151 Å². The molecule has 302 valence electrons. The third kappa shape index (κ3) is 5.78. The van der Waals surface area contributed by atoms with Crippen molar-refractivity contribution in [3.63, 3.8) is 0 Å². The van der Waals surface area contributed by atoms with Crippen molar-refractivity contribution in [1.82, 2.24) is 0 Å². The van der Waals surface area contributed by atoms with E-state index in [0.29, 0.717) is 0 Å². The van der Waals surface area contributed by atoms with Crippen molar-refractivity contribution in [3.05, 3.63) is 277 Å². The van der Waals surface area contributed by atoms with Crippen molar-refractivity contribution in [2.24, 2.45) is 0 Å². The van der Waals surface area contributed by atoms with E-state index in [0.717, 1.165) is 0 Å². The largest absolute Gasteiger partial charge is 0.0714 e. The van der Waals surface area contributed by atoms with Crippen LogP contribution in [0.15, 0.2) is 255 Å². The molecule has 12 aromatic carbocycles. The Hall–Kier alpha value is -8.32. The second-order valence-electron chi connectivity index (χ2n) is 17.5. The Morgan fingerprint density at radius 2 is 0.615 bits per heavy atom. The minimum Gasteiger partial charge on any atom is -0.0622 e. The molecule has 12 aromatic rings. The monoisotopic (exact) mass is 822 g/mol. The molecule has 1 aliphatic rings. The maximum Gasteiger partial charge on any atom is 0.0714 e. The summed E-state index contributed by atoms with van der Waals surface area (Å²) in [6, 6.07) is 94.6. The van der Waals surface area contributed by atoms with E-state index in [1.807, 2.05) is 0 Å². The highest BCUT2D eigenvalue weighted by atomic mass is 14.5. The lowest BCUT2D eigenvalue weighted by Gasteiger charge is -2.34. The van der Waals surface area contributed by atoms with Gasteiger partial charge in [-0.25, -0.2) is 0 Å². The lowest BCUT2D eigenvalue weighted by molar-refractivity contribution is 0.771. The van der Waals surface area contributed by atoms with E-state index in [9.17, 15) is 0 Å². The highest BCUT2D eigenvalue weighted by molar-refractivity contribution is 6.22. The van der Waals surface area contributed by atoms with E-state index in [1.54, 1.807) is 0 Å². The minimum atomic E-state index is -0.456. The van der Waals surface area contributed by atoms with Gasteiger partial charge in [0.2, 0.25) is 0 Å². The molecule has 0 heterocycles. The minimum absolute atomic E-state index is 0.456. The van der Waals surface area contributed by atoms with Crippen molar-refractivity contribution in [2.45, 2.75) is 5.41 Å². The molecule has 0 fully saturated rings. The first-order chi connectivity index (χ1) is 32.2. The summed E-state index contributed by atoms with van der Waals surface area (Å²) in [4.78, 5) is 0. The number of fused-ring (bicyclic) bond motifs is 2. The SMILES string of the molecule is c1ccc(-c2cc(-c3ccccc3)cc(-c3c4ccccc4c(-c4ccc(-c5cc6c7c(ccc8cccc(c87)C6(c6ccccc6)c6ccccc6)c5)cc4)c4ccccc34)c2)cc1. The van der Waals surface area contributed by atoms with Crippen LogP contribution in [0.5, 0.6) is 0 Å². The van der Waals surface area contributed by atoms with Crippen LogP contribution in [0.25, 0.3) is 98.7 Å². The lowest BCUT2D eigenvalue weighted by Crippen LogP contribution is -2.28. The van der Waals surface area contributed by atoms with E-state index >= 15 is 0 Å². The van der Waals surface area contributed by atoms with Crippen LogP contribution in [-0.2, 0) is 5.41 Å². The number of hydrogen-bond donors (Lipinski definition) is 0. The zero-order chi connectivity index (χ0) is 42.9. The number of benzene rings is 12. The normalized spacial score (nSPS) is 12.7. The van der Waals surface area contributed by atoms with Crippen LogP contribution < -0.4 is 0 Å². The highest BCUT2D eigenvalue weighted by Gasteiger charge is 2.45. The quantitative estimate of drug-likeness (QED) is 0.111. The summed E-state index contributed by atoms with van der Waals surface area (Å²) in [6.45, 7) is 0. The van der Waals surface area contributed by atoms with Crippen molar-refractivity contribution >= 4 is 43.1 Å². The molecular weight excluding hydrogens is 781 g/mol. The first-order valence-corrected chi connectivity index (χ1v) is 22.7. The van der Waals surface area contributed by atoms with Crippen LogP contribution in [0, 0.1) is 0 Å². The Kier molecular flexibility index (Phi) is 8.54. The van der Waals surface area contributed by atoms with Gasteiger partial charge >= 0.3 is 0 Å². The molecule has 0 N–H and O–H groups in total. The predicted octanol–water partition coefficient (Wildman–Crippen LogP) is 17.3. The van der Waals surface area contributed by atoms with Crippen molar-refractivity contribution < 1.29 is 0 Å². The summed E-state index contributed by atoms with van der Waals surface area (Å²) >= 11 is 0. The Labute approximate surface area is 379 Å². The molecule has 0 saturated heterocycles. The highest BCUT2D eigenvalue weighted by Crippen LogP contribution is 2.57. The van der Waals surface area contributed by atoms with Crippen molar-refractivity contribution in [1.29, 1.82) is 0 Å². The zero-order valence-electron chi connectivity index (χ0n) is 35.7. The topological polar surface area (TPSA) is 0 Å². The van der Waals surface area contributed by atoms with Gasteiger partial charge in [0.1, 0.15) is 0 Å². The zero-order valence-corrected chi connectivity index (χ0v) is 35.7. The molecule has 65 heavy (non-hydrogen) atoms. The molecule has 0 nitrogen and oxygen atoms in total. The fourth-order valence-corrected chi connectivity index (χ4v) is 11.3. The van der Waals surface area contributed by atoms with Crippen LogP contribution in [-0.4, -0.2) is 0 Å². The van der Waals surface area contributed by atoms with E-state index in [4.69, 9.17) is 0 Å². The molecule has 0 aromatic heterocycles. The molecule has 0 radical (unpaired) electrons. The van der Waals surface area contributed by atoms with Crippen molar-refractivity contribution in [2.75, 3.05) is 0 Å². The van der Waals surface area contributed by atoms with Gasteiger partial charge in [-0.1, -0.05) is 224 Å². The lowest BCUT2D eigenvalue weighted by atomic mass is 9.67.